The van der Waals surface area contributed by atoms with Crippen LogP contribution in [0.5, 0.6) is 0 Å². The maximum Gasteiger partial charge on any atom is 0.460 e. The van der Waals surface area contributed by atoms with E-state index in [1.54, 1.807) is 30.3 Å². The van der Waals surface area contributed by atoms with Gasteiger partial charge in [0.15, 0.2) is 5.57 Å². The first-order valence-electron chi connectivity index (χ1n) is 8.64. The molecule has 1 aliphatic heterocycles. The molecule has 0 atom stereocenters. The van der Waals surface area contributed by atoms with E-state index in [1.807, 2.05) is 6.07 Å². The third kappa shape index (κ3) is 4.34. The third-order valence-electron chi connectivity index (χ3n) is 4.23. The lowest BCUT2D eigenvalue weighted by Gasteiger charge is -2.23. The zero-order valence-electron chi connectivity index (χ0n) is 15.4. The number of methoxy groups -OCH3 is 1. The van der Waals surface area contributed by atoms with Crippen LogP contribution in [0.15, 0.2) is 77.2 Å². The second-order valence-electron chi connectivity index (χ2n) is 6.10. The second kappa shape index (κ2) is 8.26. The highest BCUT2D eigenvalue weighted by molar-refractivity contribution is 6.26. The van der Waals surface area contributed by atoms with E-state index in [-0.39, 0.29) is 13.0 Å². The number of rotatable bonds is 4. The highest BCUT2D eigenvalue weighted by atomic mass is 19.4. The van der Waals surface area contributed by atoms with Crippen molar-refractivity contribution in [1.29, 1.82) is 0 Å². The van der Waals surface area contributed by atoms with Crippen LogP contribution in [-0.2, 0) is 16.0 Å². The Labute approximate surface area is 164 Å². The molecule has 1 aliphatic rings. The fourth-order valence-electron chi connectivity index (χ4n) is 2.89. The molecule has 3 amide bonds. The van der Waals surface area contributed by atoms with Crippen LogP contribution in [-0.4, -0.2) is 42.5 Å². The number of nitrogens with zero attached hydrogens (tertiary/aromatic N) is 3. The van der Waals surface area contributed by atoms with E-state index in [2.05, 4.69) is 9.73 Å². The monoisotopic (exact) mass is 404 g/mol. The van der Waals surface area contributed by atoms with Gasteiger partial charge < -0.3 is 4.74 Å². The number of urea groups is 1. The van der Waals surface area contributed by atoms with E-state index in [9.17, 15) is 22.8 Å². The van der Waals surface area contributed by atoms with Gasteiger partial charge in [-0.2, -0.15) is 13.2 Å². The van der Waals surface area contributed by atoms with Crippen LogP contribution in [0.1, 0.15) is 5.56 Å². The molecule has 0 spiro atoms. The third-order valence-corrected chi connectivity index (χ3v) is 4.23. The molecule has 0 aliphatic carbocycles. The summed E-state index contributed by atoms with van der Waals surface area (Å²) < 4.78 is 46.3. The van der Waals surface area contributed by atoms with E-state index >= 15 is 0 Å². The predicted octanol–water partition coefficient (Wildman–Crippen LogP) is 2.89. The number of carbonyl (C=O) groups excluding carboxylic acids is 2. The lowest BCUT2D eigenvalue weighted by Crippen LogP contribution is -2.54. The molecule has 6 nitrogen and oxygen atoms in total. The number of imide groups is 1. The maximum atomic E-state index is 13.5. The fraction of sp³-hybridized carbons (Fsp3) is 0.200. The summed E-state index contributed by atoms with van der Waals surface area (Å²) in [5.41, 5.74) is 0.0116. The Balaban J connectivity index is 2.06. The largest absolute Gasteiger partial charge is 0.491 e. The fourth-order valence-corrected chi connectivity index (χ4v) is 2.89. The highest BCUT2D eigenvalue weighted by Crippen LogP contribution is 2.31. The van der Waals surface area contributed by atoms with Crippen molar-refractivity contribution >= 4 is 17.8 Å². The van der Waals surface area contributed by atoms with Gasteiger partial charge in [0.25, 0.3) is 5.91 Å². The Morgan fingerprint density at radius 2 is 1.69 bits per heavy atom. The minimum Gasteiger partial charge on any atom is -0.491 e. The van der Waals surface area contributed by atoms with Gasteiger partial charge in [-0.1, -0.05) is 36.4 Å². The highest BCUT2D eigenvalue weighted by Gasteiger charge is 2.49. The minimum atomic E-state index is -4.94. The normalized spacial score (nSPS) is 16.6. The van der Waals surface area contributed by atoms with Crippen molar-refractivity contribution in [3.63, 3.8) is 0 Å². The quantitative estimate of drug-likeness (QED) is 0.447. The minimum absolute atomic E-state index is 0.115. The number of hydrogen-bond acceptors (Lipinski definition) is 3. The van der Waals surface area contributed by atoms with Gasteiger partial charge in [-0.05, 0) is 24.1 Å². The number of carbonyl (C=O) groups is 2. The molecule has 9 heteroatoms. The van der Waals surface area contributed by atoms with Crippen molar-refractivity contribution in [3.8, 4) is 0 Å². The summed E-state index contributed by atoms with van der Waals surface area (Å²) in [6.07, 6.45) is -1.88. The van der Waals surface area contributed by atoms with Crippen LogP contribution < -0.4 is 4.57 Å². The molecule has 0 saturated carbocycles. The first-order valence-corrected chi connectivity index (χ1v) is 8.64. The van der Waals surface area contributed by atoms with Gasteiger partial charge in [-0.25, -0.2) is 14.3 Å². The molecule has 2 aromatic rings. The van der Waals surface area contributed by atoms with Gasteiger partial charge >= 0.3 is 18.0 Å². The van der Waals surface area contributed by atoms with Crippen molar-refractivity contribution in [2.24, 2.45) is 4.99 Å². The summed E-state index contributed by atoms with van der Waals surface area (Å²) in [7, 11) is 0.821. The van der Waals surface area contributed by atoms with Crippen LogP contribution in [0.3, 0.4) is 0 Å². The second-order valence-corrected chi connectivity index (χ2v) is 6.10. The van der Waals surface area contributed by atoms with Gasteiger partial charge in [-0.3, -0.25) is 4.79 Å². The molecule has 0 saturated heterocycles. The van der Waals surface area contributed by atoms with E-state index in [0.717, 1.165) is 12.7 Å². The molecule has 150 valence electrons. The molecular weight excluding hydrogens is 387 g/mol. The molecule has 1 aromatic heterocycles. The number of pyridine rings is 1. The number of hydrogen-bond donors (Lipinski definition) is 0. The van der Waals surface area contributed by atoms with Crippen molar-refractivity contribution in [2.75, 3.05) is 13.7 Å². The predicted molar refractivity (Wildman–Crippen MR) is 96.8 cm³/mol. The zero-order valence-corrected chi connectivity index (χ0v) is 15.4. The molecule has 0 N–H and O–H groups in total. The molecule has 2 heterocycles. The first-order chi connectivity index (χ1) is 13.8. The molecule has 0 unspecified atom stereocenters. The summed E-state index contributed by atoms with van der Waals surface area (Å²) in [5, 5.41) is 0. The van der Waals surface area contributed by atoms with Crippen LogP contribution in [0.2, 0.25) is 0 Å². The number of amides is 3. The number of aromatic nitrogens is 1. The summed E-state index contributed by atoms with van der Waals surface area (Å²) in [4.78, 5) is 29.9. The first kappa shape index (κ1) is 20.2. The van der Waals surface area contributed by atoms with Gasteiger partial charge in [0, 0.05) is 11.5 Å². The number of halogens is 3. The van der Waals surface area contributed by atoms with Gasteiger partial charge in [0.05, 0.1) is 19.5 Å². The Morgan fingerprint density at radius 1 is 1.07 bits per heavy atom. The maximum absolute atomic E-state index is 13.5. The zero-order chi connectivity index (χ0) is 21.0. The van der Waals surface area contributed by atoms with Crippen molar-refractivity contribution < 1.29 is 32.1 Å². The molecule has 0 fully saturated rings. The molecule has 1 aromatic carbocycles. The van der Waals surface area contributed by atoms with Gasteiger partial charge in [-0.15, -0.1) is 0 Å². The van der Waals surface area contributed by atoms with Crippen molar-refractivity contribution in [1.82, 2.24) is 4.90 Å². The van der Waals surface area contributed by atoms with Crippen LogP contribution >= 0.6 is 0 Å². The Bertz CT molecular complexity index is 971. The van der Waals surface area contributed by atoms with E-state index < -0.39 is 35.3 Å². The van der Waals surface area contributed by atoms with E-state index in [4.69, 9.17) is 0 Å². The summed E-state index contributed by atoms with van der Waals surface area (Å²) in [5.74, 6) is -3.05. The average Bonchev–Trinajstić information content (AvgIpc) is 2.70. The van der Waals surface area contributed by atoms with Gasteiger partial charge in [0.1, 0.15) is 0 Å². The summed E-state index contributed by atoms with van der Waals surface area (Å²) >= 11 is 0. The average molecular weight is 404 g/mol. The molecule has 3 rings (SSSR count). The van der Waals surface area contributed by atoms with Crippen LogP contribution in [0.25, 0.3) is 0 Å². The number of benzene rings is 1. The van der Waals surface area contributed by atoms with Crippen LogP contribution in [0, 0.1) is 0 Å². The topological polar surface area (TPSA) is 62.9 Å². The summed E-state index contributed by atoms with van der Waals surface area (Å²) in [6.45, 7) is -0.115. The van der Waals surface area contributed by atoms with Gasteiger partial charge in [0.2, 0.25) is 5.76 Å². The molecule has 0 radical (unpaired) electrons. The number of alkyl halides is 3. The molecule has 0 bridgehead atoms. The van der Waals surface area contributed by atoms with Crippen molar-refractivity contribution in [2.45, 2.75) is 12.6 Å². The lowest BCUT2D eigenvalue weighted by atomic mass is 10.1. The van der Waals surface area contributed by atoms with E-state index in [0.29, 0.717) is 4.90 Å². The van der Waals surface area contributed by atoms with Crippen molar-refractivity contribution in [3.05, 3.63) is 77.8 Å². The Kier molecular flexibility index (Phi) is 5.76. The van der Waals surface area contributed by atoms with Crippen LogP contribution in [0.4, 0.5) is 18.0 Å². The number of aliphatic imine (C=N–C) groups is 1. The summed E-state index contributed by atoms with van der Waals surface area (Å²) in [6, 6.07) is 12.8. The SMILES string of the molecule is CO/C(=C1/C(=O)N(CCc2ccccc2)C(=O)N=C1[n+]1ccccc1)C(F)(F)F. The Morgan fingerprint density at radius 3 is 2.28 bits per heavy atom. The number of ether oxygens (including phenoxy) is 1. The Hall–Kier alpha value is -3.49. The lowest BCUT2D eigenvalue weighted by molar-refractivity contribution is -0.554. The molecule has 29 heavy (non-hydrogen) atoms. The molecular formula is C20H17F3N3O3+. The number of allylic oxidation sites excluding steroid dienone is 1. The standard InChI is InChI=1S/C20H17F3N3O3/c1-29-16(20(21,22)23)15-17(25-11-6-3-7-12-25)24-19(28)26(18(15)27)13-10-14-8-4-2-5-9-14/h2-9,11-12H,10,13H2,1H3/q+1/b16-15+. The smallest absolute Gasteiger partial charge is 0.460 e. The van der Waals surface area contributed by atoms with E-state index in [1.165, 1.54) is 29.1 Å².